The summed E-state index contributed by atoms with van der Waals surface area (Å²) in [5, 5.41) is 3.22. The number of nitrogens with one attached hydrogen (secondary N) is 1. The molecule has 1 aromatic rings. The van der Waals surface area contributed by atoms with Crippen LogP contribution in [0.5, 0.6) is 0 Å². The largest absolute Gasteiger partial charge is 0.411 e. The molecule has 108 valence electrons. The van der Waals surface area contributed by atoms with Crippen LogP contribution in [0.15, 0.2) is 30.3 Å². The van der Waals surface area contributed by atoms with Gasteiger partial charge in [-0.2, -0.15) is 13.2 Å². The summed E-state index contributed by atoms with van der Waals surface area (Å²) in [6.07, 6.45) is -3.27. The van der Waals surface area contributed by atoms with E-state index in [2.05, 4.69) is 5.32 Å². The Balaban J connectivity index is 2.50. The molecule has 0 aliphatic rings. The first-order chi connectivity index (χ1) is 9.03. The molecule has 0 aromatic heterocycles. The summed E-state index contributed by atoms with van der Waals surface area (Å²) in [7, 11) is 0. The van der Waals surface area contributed by atoms with Gasteiger partial charge >= 0.3 is 6.18 Å². The lowest BCUT2D eigenvalue weighted by molar-refractivity contribution is -0.174. The fraction of sp³-hybridized carbons (Fsp3) is 0.571. The summed E-state index contributed by atoms with van der Waals surface area (Å²) in [5.74, 6) is -0.0601. The highest BCUT2D eigenvalue weighted by atomic mass is 19.4. The van der Waals surface area contributed by atoms with Crippen LogP contribution in [0.25, 0.3) is 0 Å². The lowest BCUT2D eigenvalue weighted by Crippen LogP contribution is -2.27. The van der Waals surface area contributed by atoms with E-state index < -0.39 is 12.8 Å². The van der Waals surface area contributed by atoms with Gasteiger partial charge in [0, 0.05) is 12.5 Å². The third-order valence-corrected chi connectivity index (χ3v) is 2.67. The van der Waals surface area contributed by atoms with E-state index in [1.54, 1.807) is 0 Å². The molecule has 0 amide bonds. The number of benzene rings is 1. The van der Waals surface area contributed by atoms with E-state index in [4.69, 9.17) is 4.74 Å². The van der Waals surface area contributed by atoms with Gasteiger partial charge in [-0.15, -0.1) is 0 Å². The Hall–Kier alpha value is -1.07. The van der Waals surface area contributed by atoms with Crippen molar-refractivity contribution in [3.63, 3.8) is 0 Å². The summed E-state index contributed by atoms with van der Waals surface area (Å²) >= 11 is 0. The number of alkyl halides is 3. The SMILES string of the molecule is CCCNCC(COCC(F)(F)F)c1ccccc1. The maximum absolute atomic E-state index is 12.1. The molecule has 0 saturated heterocycles. The normalized spacial score (nSPS) is 13.5. The minimum Gasteiger partial charge on any atom is -0.371 e. The molecule has 1 atom stereocenters. The zero-order chi connectivity index (χ0) is 14.1. The van der Waals surface area contributed by atoms with E-state index >= 15 is 0 Å². The van der Waals surface area contributed by atoms with Crippen LogP contribution in [-0.2, 0) is 4.74 Å². The Morgan fingerprint density at radius 2 is 1.89 bits per heavy atom. The third-order valence-electron chi connectivity index (χ3n) is 2.67. The summed E-state index contributed by atoms with van der Waals surface area (Å²) in [5.41, 5.74) is 0.994. The van der Waals surface area contributed by atoms with Crippen molar-refractivity contribution in [3.05, 3.63) is 35.9 Å². The second-order valence-corrected chi connectivity index (χ2v) is 4.44. The average molecular weight is 275 g/mol. The van der Waals surface area contributed by atoms with Gasteiger partial charge in [0.05, 0.1) is 6.61 Å². The van der Waals surface area contributed by atoms with Crippen molar-refractivity contribution >= 4 is 0 Å². The average Bonchev–Trinajstić information content (AvgIpc) is 2.37. The topological polar surface area (TPSA) is 21.3 Å². The van der Waals surface area contributed by atoms with Crippen LogP contribution < -0.4 is 5.32 Å². The van der Waals surface area contributed by atoms with Crippen molar-refractivity contribution in [2.24, 2.45) is 0 Å². The minimum atomic E-state index is -4.27. The van der Waals surface area contributed by atoms with Gasteiger partial charge in [0.25, 0.3) is 0 Å². The minimum absolute atomic E-state index is 0.0601. The van der Waals surface area contributed by atoms with Gasteiger partial charge in [0.2, 0.25) is 0 Å². The number of ether oxygens (including phenoxy) is 1. The number of halogens is 3. The molecule has 1 unspecified atom stereocenters. The molecular weight excluding hydrogens is 255 g/mol. The van der Waals surface area contributed by atoms with Crippen LogP contribution in [0.1, 0.15) is 24.8 Å². The van der Waals surface area contributed by atoms with E-state index in [9.17, 15) is 13.2 Å². The fourth-order valence-corrected chi connectivity index (χ4v) is 1.77. The Kier molecular flexibility index (Phi) is 6.87. The zero-order valence-electron chi connectivity index (χ0n) is 11.0. The Morgan fingerprint density at radius 3 is 2.47 bits per heavy atom. The molecule has 0 radical (unpaired) electrons. The number of hydrogen-bond donors (Lipinski definition) is 1. The Bertz CT molecular complexity index is 340. The van der Waals surface area contributed by atoms with Crippen LogP contribution in [0.3, 0.4) is 0 Å². The quantitative estimate of drug-likeness (QED) is 0.735. The van der Waals surface area contributed by atoms with E-state index in [1.807, 2.05) is 37.3 Å². The van der Waals surface area contributed by atoms with Crippen molar-refractivity contribution in [1.82, 2.24) is 5.32 Å². The van der Waals surface area contributed by atoms with Gasteiger partial charge in [0.15, 0.2) is 0 Å². The summed E-state index contributed by atoms with van der Waals surface area (Å²) in [6.45, 7) is 2.40. The Morgan fingerprint density at radius 1 is 1.21 bits per heavy atom. The van der Waals surface area contributed by atoms with Crippen LogP contribution >= 0.6 is 0 Å². The van der Waals surface area contributed by atoms with Gasteiger partial charge in [-0.3, -0.25) is 0 Å². The van der Waals surface area contributed by atoms with Crippen molar-refractivity contribution in [2.45, 2.75) is 25.4 Å². The molecular formula is C14H20F3NO. The predicted molar refractivity (Wildman–Crippen MR) is 69.2 cm³/mol. The van der Waals surface area contributed by atoms with Gasteiger partial charge < -0.3 is 10.1 Å². The summed E-state index contributed by atoms with van der Waals surface area (Å²) < 4.78 is 41.0. The summed E-state index contributed by atoms with van der Waals surface area (Å²) in [6, 6.07) is 9.47. The van der Waals surface area contributed by atoms with Crippen molar-refractivity contribution < 1.29 is 17.9 Å². The molecule has 2 nitrogen and oxygen atoms in total. The standard InChI is InChI=1S/C14H20F3NO/c1-2-8-18-9-13(10-19-11-14(15,16)17)12-6-4-3-5-7-12/h3-7,13,18H,2,8-11H2,1H3. The second-order valence-electron chi connectivity index (χ2n) is 4.44. The lowest BCUT2D eigenvalue weighted by Gasteiger charge is -2.19. The maximum atomic E-state index is 12.1. The second kappa shape index (κ2) is 8.17. The maximum Gasteiger partial charge on any atom is 0.411 e. The van der Waals surface area contributed by atoms with Crippen LogP contribution in [0, 0.1) is 0 Å². The van der Waals surface area contributed by atoms with Gasteiger partial charge in [0.1, 0.15) is 6.61 Å². The predicted octanol–water partition coefficient (Wildman–Crippen LogP) is 3.35. The smallest absolute Gasteiger partial charge is 0.371 e. The molecule has 0 heterocycles. The van der Waals surface area contributed by atoms with Gasteiger partial charge in [-0.1, -0.05) is 37.3 Å². The monoisotopic (exact) mass is 275 g/mol. The van der Waals surface area contributed by atoms with E-state index in [0.717, 1.165) is 18.5 Å². The molecule has 0 aliphatic heterocycles. The molecule has 1 rings (SSSR count). The fourth-order valence-electron chi connectivity index (χ4n) is 1.77. The molecule has 5 heteroatoms. The highest BCUT2D eigenvalue weighted by Gasteiger charge is 2.28. The summed E-state index contributed by atoms with van der Waals surface area (Å²) in [4.78, 5) is 0. The molecule has 19 heavy (non-hydrogen) atoms. The first-order valence-electron chi connectivity index (χ1n) is 6.43. The molecule has 0 saturated carbocycles. The van der Waals surface area contributed by atoms with Crippen molar-refractivity contribution in [2.75, 3.05) is 26.3 Å². The van der Waals surface area contributed by atoms with Crippen molar-refractivity contribution in [3.8, 4) is 0 Å². The molecule has 1 aromatic carbocycles. The highest BCUT2D eigenvalue weighted by molar-refractivity contribution is 5.19. The van der Waals surface area contributed by atoms with Crippen molar-refractivity contribution in [1.29, 1.82) is 0 Å². The third kappa shape index (κ3) is 7.18. The zero-order valence-corrected chi connectivity index (χ0v) is 11.0. The van der Waals surface area contributed by atoms with Gasteiger partial charge in [-0.25, -0.2) is 0 Å². The van der Waals surface area contributed by atoms with Crippen LogP contribution in [0.4, 0.5) is 13.2 Å². The molecule has 0 aliphatic carbocycles. The molecule has 1 N–H and O–H groups in total. The lowest BCUT2D eigenvalue weighted by atomic mass is 10.00. The Labute approximate surface area is 112 Å². The highest BCUT2D eigenvalue weighted by Crippen LogP contribution is 2.18. The van der Waals surface area contributed by atoms with E-state index in [0.29, 0.717) is 6.54 Å². The number of rotatable bonds is 8. The van der Waals surface area contributed by atoms with E-state index in [1.165, 1.54) is 0 Å². The first kappa shape index (κ1) is 16.0. The van der Waals surface area contributed by atoms with E-state index in [-0.39, 0.29) is 12.5 Å². The first-order valence-corrected chi connectivity index (χ1v) is 6.43. The molecule has 0 bridgehead atoms. The molecule has 0 fully saturated rings. The molecule has 0 spiro atoms. The number of hydrogen-bond acceptors (Lipinski definition) is 2. The van der Waals surface area contributed by atoms with Crippen LogP contribution in [-0.4, -0.2) is 32.5 Å². The van der Waals surface area contributed by atoms with Crippen LogP contribution in [0.2, 0.25) is 0 Å². The van der Waals surface area contributed by atoms with Gasteiger partial charge in [-0.05, 0) is 18.5 Å².